The Balaban J connectivity index is 1.40. The fraction of sp³-hybridized carbons (Fsp3) is 0.826. The van der Waals surface area contributed by atoms with E-state index in [1.54, 1.807) is 4.90 Å². The second-order valence-electron chi connectivity index (χ2n) is 10.4. The molecule has 2 unspecified atom stereocenters. The average Bonchev–Trinajstić information content (AvgIpc) is 3.34. The SMILES string of the molecule is CC(=O)[C@@H]1[C@H]2CC(F)(F)C[C@H]2CN1C(=O)CCC(=O)[C@@H]1C2CC(C)C[C@H]2CN1C(C)=O. The van der Waals surface area contributed by atoms with Crippen molar-refractivity contribution in [3.8, 4) is 0 Å². The van der Waals surface area contributed by atoms with E-state index in [1.807, 2.05) is 0 Å². The Morgan fingerprint density at radius 2 is 1.55 bits per heavy atom. The molecule has 2 amide bonds. The normalized spacial score (nSPS) is 38.3. The van der Waals surface area contributed by atoms with Crippen LogP contribution < -0.4 is 0 Å². The van der Waals surface area contributed by atoms with Gasteiger partial charge in [-0.2, -0.15) is 0 Å². The van der Waals surface area contributed by atoms with Gasteiger partial charge in [0, 0.05) is 45.7 Å². The number of ketones is 2. The molecule has 4 fully saturated rings. The molecule has 2 saturated carbocycles. The van der Waals surface area contributed by atoms with Gasteiger partial charge in [0.25, 0.3) is 0 Å². The maximum absolute atomic E-state index is 13.8. The van der Waals surface area contributed by atoms with Crippen LogP contribution in [-0.4, -0.2) is 64.3 Å². The largest absolute Gasteiger partial charge is 0.332 e. The molecular formula is C23H32F2N2O4. The Morgan fingerprint density at radius 1 is 0.871 bits per heavy atom. The molecule has 172 valence electrons. The Bertz CT molecular complexity index is 800. The molecule has 7 atom stereocenters. The van der Waals surface area contributed by atoms with E-state index in [1.165, 1.54) is 18.7 Å². The Hall–Kier alpha value is -1.86. The molecule has 2 aliphatic heterocycles. The average molecular weight is 439 g/mol. The van der Waals surface area contributed by atoms with Crippen molar-refractivity contribution in [2.45, 2.75) is 77.3 Å². The highest BCUT2D eigenvalue weighted by atomic mass is 19.3. The first kappa shape index (κ1) is 22.3. The van der Waals surface area contributed by atoms with Crippen LogP contribution in [0.25, 0.3) is 0 Å². The maximum Gasteiger partial charge on any atom is 0.248 e. The predicted octanol–water partition coefficient (Wildman–Crippen LogP) is 2.69. The van der Waals surface area contributed by atoms with Crippen LogP contribution in [0.15, 0.2) is 0 Å². The van der Waals surface area contributed by atoms with Gasteiger partial charge in [-0.05, 0) is 49.4 Å². The third-order valence-corrected chi connectivity index (χ3v) is 8.09. The fourth-order valence-corrected chi connectivity index (χ4v) is 6.97. The zero-order chi connectivity index (χ0) is 22.7. The number of fused-ring (bicyclic) bond motifs is 2. The quantitative estimate of drug-likeness (QED) is 0.662. The van der Waals surface area contributed by atoms with Crippen LogP contribution in [0.3, 0.4) is 0 Å². The molecule has 0 aromatic carbocycles. The zero-order valence-corrected chi connectivity index (χ0v) is 18.5. The van der Waals surface area contributed by atoms with E-state index < -0.39 is 23.9 Å². The molecule has 0 aromatic rings. The summed E-state index contributed by atoms with van der Waals surface area (Å²) in [5, 5.41) is 0. The summed E-state index contributed by atoms with van der Waals surface area (Å²) in [6.45, 7) is 5.75. The van der Waals surface area contributed by atoms with Crippen LogP contribution in [0, 0.1) is 29.6 Å². The van der Waals surface area contributed by atoms with Gasteiger partial charge >= 0.3 is 0 Å². The minimum Gasteiger partial charge on any atom is -0.332 e. The summed E-state index contributed by atoms with van der Waals surface area (Å²) in [4.78, 5) is 53.4. The second-order valence-corrected chi connectivity index (χ2v) is 10.4. The fourth-order valence-electron chi connectivity index (χ4n) is 6.97. The van der Waals surface area contributed by atoms with Crippen molar-refractivity contribution in [3.05, 3.63) is 0 Å². The van der Waals surface area contributed by atoms with Gasteiger partial charge in [0.05, 0.1) is 12.1 Å². The number of halogens is 2. The minimum absolute atomic E-state index is 0.0114. The molecular weight excluding hydrogens is 406 g/mol. The van der Waals surface area contributed by atoms with Gasteiger partial charge in [0.15, 0.2) is 11.6 Å². The second kappa shape index (κ2) is 7.93. The molecule has 4 rings (SSSR count). The molecule has 2 saturated heterocycles. The molecule has 0 spiro atoms. The van der Waals surface area contributed by atoms with E-state index in [0.717, 1.165) is 12.8 Å². The van der Waals surface area contributed by atoms with Gasteiger partial charge in [-0.1, -0.05) is 6.92 Å². The number of hydrogen-bond acceptors (Lipinski definition) is 4. The van der Waals surface area contributed by atoms with Gasteiger partial charge < -0.3 is 9.80 Å². The first-order valence-corrected chi connectivity index (χ1v) is 11.5. The highest BCUT2D eigenvalue weighted by Crippen LogP contribution is 2.50. The van der Waals surface area contributed by atoms with Crippen molar-refractivity contribution in [3.63, 3.8) is 0 Å². The first-order valence-electron chi connectivity index (χ1n) is 11.5. The summed E-state index contributed by atoms with van der Waals surface area (Å²) < 4.78 is 27.6. The molecule has 31 heavy (non-hydrogen) atoms. The number of rotatable bonds is 5. The lowest BCUT2D eigenvalue weighted by molar-refractivity contribution is -0.141. The molecule has 0 radical (unpaired) electrons. The number of alkyl halides is 2. The van der Waals surface area contributed by atoms with E-state index in [-0.39, 0.29) is 67.4 Å². The van der Waals surface area contributed by atoms with Crippen molar-refractivity contribution in [1.82, 2.24) is 9.80 Å². The minimum atomic E-state index is -2.78. The summed E-state index contributed by atoms with van der Waals surface area (Å²) in [6, 6.07) is -1.29. The topological polar surface area (TPSA) is 74.8 Å². The number of Topliss-reactive ketones (excluding diaryl/α,β-unsaturated/α-hetero) is 2. The third kappa shape index (κ3) is 4.02. The standard InChI is InChI=1S/C23H32F2N2O4/c1-12-6-15-10-26(14(3)29)22(17(15)7-12)19(30)4-5-20(31)27-11-16-8-23(24,25)9-18(16)21(27)13(2)28/h12,15-18,21-22H,4-11H2,1-3H3/t12?,15-,16-,17?,18-,21+,22-/m0/s1. The Morgan fingerprint density at radius 3 is 2.19 bits per heavy atom. The van der Waals surface area contributed by atoms with Crippen molar-refractivity contribution < 1.29 is 28.0 Å². The van der Waals surface area contributed by atoms with Gasteiger partial charge in [-0.3, -0.25) is 19.2 Å². The molecule has 2 aliphatic carbocycles. The van der Waals surface area contributed by atoms with Gasteiger partial charge in [-0.25, -0.2) is 8.78 Å². The monoisotopic (exact) mass is 438 g/mol. The van der Waals surface area contributed by atoms with Crippen LogP contribution in [0.5, 0.6) is 0 Å². The maximum atomic E-state index is 13.8. The van der Waals surface area contributed by atoms with Crippen molar-refractivity contribution in [2.75, 3.05) is 13.1 Å². The Kier molecular flexibility index (Phi) is 5.71. The molecule has 2 heterocycles. The summed E-state index contributed by atoms with van der Waals surface area (Å²) in [5.41, 5.74) is 0. The lowest BCUT2D eigenvalue weighted by Crippen LogP contribution is -2.45. The highest BCUT2D eigenvalue weighted by molar-refractivity contribution is 5.93. The van der Waals surface area contributed by atoms with Crippen LogP contribution >= 0.6 is 0 Å². The van der Waals surface area contributed by atoms with Gasteiger partial charge in [0.2, 0.25) is 17.7 Å². The molecule has 8 heteroatoms. The van der Waals surface area contributed by atoms with E-state index in [0.29, 0.717) is 18.4 Å². The van der Waals surface area contributed by atoms with Crippen LogP contribution in [0.4, 0.5) is 8.78 Å². The summed E-state index contributed by atoms with van der Waals surface area (Å²) >= 11 is 0. The Labute approximate surface area is 181 Å². The molecule has 4 aliphatic rings. The summed E-state index contributed by atoms with van der Waals surface area (Å²) in [7, 11) is 0. The number of carbonyl (C=O) groups is 4. The molecule has 0 bridgehead atoms. The van der Waals surface area contributed by atoms with E-state index >= 15 is 0 Å². The van der Waals surface area contributed by atoms with E-state index in [9.17, 15) is 28.0 Å². The van der Waals surface area contributed by atoms with Gasteiger partial charge in [-0.15, -0.1) is 0 Å². The summed E-state index contributed by atoms with van der Waals surface area (Å²) in [5.74, 6) is -3.44. The van der Waals surface area contributed by atoms with Crippen molar-refractivity contribution in [2.24, 2.45) is 29.6 Å². The first-order chi connectivity index (χ1) is 14.5. The van der Waals surface area contributed by atoms with Gasteiger partial charge in [0.1, 0.15) is 0 Å². The lowest BCUT2D eigenvalue weighted by atomic mass is 9.89. The molecule has 6 nitrogen and oxygen atoms in total. The summed E-state index contributed by atoms with van der Waals surface area (Å²) in [6.07, 6.45) is 1.24. The van der Waals surface area contributed by atoms with Crippen molar-refractivity contribution in [1.29, 1.82) is 0 Å². The van der Waals surface area contributed by atoms with Crippen LogP contribution in [0.1, 0.15) is 59.3 Å². The van der Waals surface area contributed by atoms with Crippen molar-refractivity contribution >= 4 is 23.4 Å². The highest BCUT2D eigenvalue weighted by Gasteiger charge is 2.57. The zero-order valence-electron chi connectivity index (χ0n) is 18.5. The predicted molar refractivity (Wildman–Crippen MR) is 108 cm³/mol. The van der Waals surface area contributed by atoms with Crippen LogP contribution in [0.2, 0.25) is 0 Å². The molecule has 0 N–H and O–H groups in total. The van der Waals surface area contributed by atoms with E-state index in [2.05, 4.69) is 6.92 Å². The third-order valence-electron chi connectivity index (χ3n) is 8.09. The molecule has 0 aromatic heterocycles. The van der Waals surface area contributed by atoms with Crippen LogP contribution in [-0.2, 0) is 19.2 Å². The number of nitrogens with zero attached hydrogens (tertiary/aromatic N) is 2. The number of likely N-dealkylation sites (tertiary alicyclic amines) is 2. The number of hydrogen-bond donors (Lipinski definition) is 0. The smallest absolute Gasteiger partial charge is 0.248 e. The number of carbonyl (C=O) groups excluding carboxylic acids is 4. The lowest BCUT2D eigenvalue weighted by Gasteiger charge is -2.28. The number of amides is 2. The van der Waals surface area contributed by atoms with E-state index in [4.69, 9.17) is 0 Å².